The molecule has 0 atom stereocenters. The maximum Gasteiger partial charge on any atom is 0.355 e. The molecule has 0 amide bonds. The average molecular weight is 281 g/mol. The number of rotatable bonds is 4. The molecule has 0 aliphatic heterocycles. The summed E-state index contributed by atoms with van der Waals surface area (Å²) >= 11 is 5.67. The molecule has 0 fully saturated rings. The second kappa shape index (κ2) is 5.53. The summed E-state index contributed by atoms with van der Waals surface area (Å²) in [5.41, 5.74) is 0.912. The maximum absolute atomic E-state index is 11.6. The van der Waals surface area contributed by atoms with E-state index >= 15 is 0 Å². The van der Waals surface area contributed by atoms with Crippen molar-refractivity contribution in [3.05, 3.63) is 62.9 Å². The Morgan fingerprint density at radius 3 is 2.58 bits per heavy atom. The highest BCUT2D eigenvalue weighted by molar-refractivity contribution is 6.30. The van der Waals surface area contributed by atoms with Gasteiger partial charge in [0, 0.05) is 18.3 Å². The lowest BCUT2D eigenvalue weighted by Gasteiger charge is -2.03. The van der Waals surface area contributed by atoms with Gasteiger partial charge in [0.25, 0.3) is 5.69 Å². The monoisotopic (exact) mass is 280 g/mol. The van der Waals surface area contributed by atoms with Crippen LogP contribution in [-0.2, 0) is 11.3 Å². The zero-order valence-corrected chi connectivity index (χ0v) is 10.4. The molecule has 0 saturated carbocycles. The average Bonchev–Trinajstić information content (AvgIpc) is 2.83. The van der Waals surface area contributed by atoms with Crippen LogP contribution < -0.4 is 0 Å². The molecule has 1 aromatic carbocycles. The number of hydrogen-bond acceptors (Lipinski definition) is 4. The summed E-state index contributed by atoms with van der Waals surface area (Å²) in [6.45, 7) is 0.0352. The zero-order chi connectivity index (χ0) is 13.8. The van der Waals surface area contributed by atoms with E-state index in [1.807, 2.05) is 0 Å². The number of aromatic nitrogens is 1. The molecular formula is C12H9ClN2O4. The van der Waals surface area contributed by atoms with Gasteiger partial charge < -0.3 is 9.72 Å². The van der Waals surface area contributed by atoms with Crippen molar-refractivity contribution in [1.29, 1.82) is 0 Å². The van der Waals surface area contributed by atoms with E-state index in [1.54, 1.807) is 0 Å². The molecule has 19 heavy (non-hydrogen) atoms. The first-order chi connectivity index (χ1) is 9.06. The molecular weight excluding hydrogens is 272 g/mol. The fraction of sp³-hybridized carbons (Fsp3) is 0.0833. The molecule has 6 nitrogen and oxygen atoms in total. The van der Waals surface area contributed by atoms with Gasteiger partial charge in [-0.2, -0.15) is 0 Å². The number of nitrogens with one attached hydrogen (secondary N) is 1. The number of non-ortho nitro benzene ring substituents is 1. The number of halogens is 1. The van der Waals surface area contributed by atoms with Crippen LogP contribution in [0.5, 0.6) is 0 Å². The van der Waals surface area contributed by atoms with Gasteiger partial charge in [0.05, 0.1) is 9.95 Å². The van der Waals surface area contributed by atoms with Crippen molar-refractivity contribution < 1.29 is 14.5 Å². The largest absolute Gasteiger partial charge is 0.456 e. The molecule has 98 valence electrons. The number of carbonyl (C=O) groups is 1. The van der Waals surface area contributed by atoms with Gasteiger partial charge in [-0.25, -0.2) is 4.79 Å². The Bertz CT molecular complexity index is 606. The van der Waals surface area contributed by atoms with Gasteiger partial charge in [-0.1, -0.05) is 11.6 Å². The molecule has 0 bridgehead atoms. The van der Waals surface area contributed by atoms with E-state index in [9.17, 15) is 14.9 Å². The standard InChI is InChI=1S/C12H9ClN2O4/c13-9-5-11(14-6-9)12(16)19-7-8-1-3-10(4-2-8)15(17)18/h1-6,14H,7H2. The molecule has 2 rings (SSSR count). The van der Waals surface area contributed by atoms with Crippen LogP contribution in [0.4, 0.5) is 5.69 Å². The molecule has 1 N–H and O–H groups in total. The number of benzene rings is 1. The van der Waals surface area contributed by atoms with Crippen molar-refractivity contribution in [2.75, 3.05) is 0 Å². The van der Waals surface area contributed by atoms with Crippen molar-refractivity contribution in [1.82, 2.24) is 4.98 Å². The minimum atomic E-state index is -0.537. The maximum atomic E-state index is 11.6. The Kier molecular flexibility index (Phi) is 3.82. The predicted octanol–water partition coefficient (Wildman–Crippen LogP) is 2.93. The third-order valence-corrected chi connectivity index (χ3v) is 2.60. The Hall–Kier alpha value is -2.34. The van der Waals surface area contributed by atoms with Crippen LogP contribution in [0.25, 0.3) is 0 Å². The number of nitro groups is 1. The molecule has 0 aliphatic rings. The number of esters is 1. The molecule has 1 heterocycles. The first-order valence-corrected chi connectivity index (χ1v) is 5.68. The molecule has 0 aliphatic carbocycles. The van der Waals surface area contributed by atoms with E-state index in [2.05, 4.69) is 4.98 Å². The van der Waals surface area contributed by atoms with Gasteiger partial charge in [-0.15, -0.1) is 0 Å². The van der Waals surface area contributed by atoms with Gasteiger partial charge in [-0.3, -0.25) is 10.1 Å². The van der Waals surface area contributed by atoms with E-state index in [4.69, 9.17) is 16.3 Å². The molecule has 1 aromatic heterocycles. The van der Waals surface area contributed by atoms with Gasteiger partial charge in [0.15, 0.2) is 0 Å². The number of hydrogen-bond donors (Lipinski definition) is 1. The Balaban J connectivity index is 1.95. The Labute approximate surface area is 113 Å². The second-order valence-electron chi connectivity index (χ2n) is 3.73. The fourth-order valence-corrected chi connectivity index (χ4v) is 1.59. The molecule has 0 radical (unpaired) electrons. The highest BCUT2D eigenvalue weighted by Gasteiger charge is 2.10. The van der Waals surface area contributed by atoms with Crippen LogP contribution in [0, 0.1) is 10.1 Å². The summed E-state index contributed by atoms with van der Waals surface area (Å²) in [6.07, 6.45) is 1.48. The van der Waals surface area contributed by atoms with Crippen LogP contribution in [0.2, 0.25) is 5.02 Å². The van der Waals surface area contributed by atoms with Gasteiger partial charge in [0.2, 0.25) is 0 Å². The zero-order valence-electron chi connectivity index (χ0n) is 9.63. The topological polar surface area (TPSA) is 85.2 Å². The minimum Gasteiger partial charge on any atom is -0.456 e. The summed E-state index contributed by atoms with van der Waals surface area (Å²) in [5, 5.41) is 10.9. The van der Waals surface area contributed by atoms with E-state index in [1.165, 1.54) is 36.5 Å². The van der Waals surface area contributed by atoms with Crippen molar-refractivity contribution in [2.45, 2.75) is 6.61 Å². The highest BCUT2D eigenvalue weighted by atomic mass is 35.5. The van der Waals surface area contributed by atoms with E-state index in [0.717, 1.165) is 0 Å². The molecule has 0 saturated heterocycles. The van der Waals surface area contributed by atoms with Crippen LogP contribution in [0.3, 0.4) is 0 Å². The van der Waals surface area contributed by atoms with Crippen molar-refractivity contribution in [3.8, 4) is 0 Å². The number of ether oxygens (including phenoxy) is 1. The summed E-state index contributed by atoms with van der Waals surface area (Å²) in [7, 11) is 0. The third-order valence-electron chi connectivity index (χ3n) is 2.38. The first kappa shape index (κ1) is 13.1. The lowest BCUT2D eigenvalue weighted by molar-refractivity contribution is -0.384. The molecule has 0 unspecified atom stereocenters. The quantitative estimate of drug-likeness (QED) is 0.530. The van der Waals surface area contributed by atoms with Crippen LogP contribution in [0.1, 0.15) is 16.1 Å². The van der Waals surface area contributed by atoms with E-state index in [0.29, 0.717) is 10.6 Å². The lowest BCUT2D eigenvalue weighted by atomic mass is 10.2. The van der Waals surface area contributed by atoms with Gasteiger partial charge >= 0.3 is 5.97 Å². The minimum absolute atomic E-state index is 0.00812. The Morgan fingerprint density at radius 2 is 2.05 bits per heavy atom. The predicted molar refractivity (Wildman–Crippen MR) is 68.0 cm³/mol. The third kappa shape index (κ3) is 3.32. The highest BCUT2D eigenvalue weighted by Crippen LogP contribution is 2.14. The number of H-pyrrole nitrogens is 1. The summed E-state index contributed by atoms with van der Waals surface area (Å²) in [6, 6.07) is 7.24. The SMILES string of the molecule is O=C(OCc1ccc([N+](=O)[O-])cc1)c1cc(Cl)c[nH]1. The van der Waals surface area contributed by atoms with Crippen LogP contribution in [0.15, 0.2) is 36.5 Å². The second-order valence-corrected chi connectivity index (χ2v) is 4.17. The van der Waals surface area contributed by atoms with Gasteiger partial charge in [-0.05, 0) is 23.8 Å². The number of nitro benzene ring substituents is 1. The first-order valence-electron chi connectivity index (χ1n) is 5.30. The number of carbonyl (C=O) groups excluding carboxylic acids is 1. The van der Waals surface area contributed by atoms with Crippen LogP contribution in [-0.4, -0.2) is 15.9 Å². The summed E-state index contributed by atoms with van der Waals surface area (Å²) in [5.74, 6) is -0.537. The van der Waals surface area contributed by atoms with Crippen molar-refractivity contribution in [2.24, 2.45) is 0 Å². The number of nitrogens with zero attached hydrogens (tertiary/aromatic N) is 1. The lowest BCUT2D eigenvalue weighted by Crippen LogP contribution is -2.05. The van der Waals surface area contributed by atoms with E-state index < -0.39 is 10.9 Å². The number of aromatic amines is 1. The van der Waals surface area contributed by atoms with Crippen LogP contribution >= 0.6 is 11.6 Å². The summed E-state index contributed by atoms with van der Waals surface area (Å²) in [4.78, 5) is 24.2. The summed E-state index contributed by atoms with van der Waals surface area (Å²) < 4.78 is 5.03. The molecule has 2 aromatic rings. The van der Waals surface area contributed by atoms with Crippen molar-refractivity contribution >= 4 is 23.3 Å². The Morgan fingerprint density at radius 1 is 1.37 bits per heavy atom. The fourth-order valence-electron chi connectivity index (χ4n) is 1.43. The van der Waals surface area contributed by atoms with E-state index in [-0.39, 0.29) is 18.0 Å². The van der Waals surface area contributed by atoms with Gasteiger partial charge in [0.1, 0.15) is 12.3 Å². The normalized spacial score (nSPS) is 10.2. The van der Waals surface area contributed by atoms with Crippen molar-refractivity contribution in [3.63, 3.8) is 0 Å². The molecule has 0 spiro atoms. The smallest absolute Gasteiger partial charge is 0.355 e. The molecule has 7 heteroatoms.